The molecule has 9 heteroatoms. The van der Waals surface area contributed by atoms with E-state index in [9.17, 15) is 9.18 Å². The molecule has 144 valence electrons. The van der Waals surface area contributed by atoms with Gasteiger partial charge >= 0.3 is 0 Å². The predicted molar refractivity (Wildman–Crippen MR) is 98.6 cm³/mol. The zero-order valence-corrected chi connectivity index (χ0v) is 15.4. The van der Waals surface area contributed by atoms with Crippen molar-refractivity contribution in [1.82, 2.24) is 15.5 Å². The number of benzene rings is 2. The second-order valence-electron chi connectivity index (χ2n) is 5.96. The Balaban J connectivity index is 1.27. The maximum atomic E-state index is 12.9. The van der Waals surface area contributed by atoms with Crippen molar-refractivity contribution in [3.63, 3.8) is 0 Å². The third-order valence-corrected chi connectivity index (χ3v) is 4.75. The van der Waals surface area contributed by atoms with Gasteiger partial charge in [0.15, 0.2) is 11.5 Å². The first-order valence-corrected chi connectivity index (χ1v) is 9.52. The lowest BCUT2D eigenvalue weighted by molar-refractivity contribution is -0.118. The van der Waals surface area contributed by atoms with Crippen molar-refractivity contribution in [2.45, 2.75) is 17.9 Å². The SMILES string of the molecule is O=C(CSc1nnc([C@@H]2COc3ccccc3O2)o1)NCc1ccc(F)cc1. The maximum absolute atomic E-state index is 12.9. The van der Waals surface area contributed by atoms with Crippen molar-refractivity contribution >= 4 is 17.7 Å². The lowest BCUT2D eigenvalue weighted by Crippen LogP contribution is -2.24. The number of halogens is 1. The molecule has 1 N–H and O–H groups in total. The molecule has 2 aromatic carbocycles. The van der Waals surface area contributed by atoms with E-state index in [2.05, 4.69) is 15.5 Å². The van der Waals surface area contributed by atoms with Gasteiger partial charge in [0.1, 0.15) is 12.4 Å². The van der Waals surface area contributed by atoms with Gasteiger partial charge in [0.25, 0.3) is 11.1 Å². The molecule has 0 fully saturated rings. The number of carbonyl (C=O) groups excluding carboxylic acids is 1. The van der Waals surface area contributed by atoms with Crippen molar-refractivity contribution in [1.29, 1.82) is 0 Å². The number of rotatable bonds is 6. The van der Waals surface area contributed by atoms with Crippen molar-refractivity contribution in [3.8, 4) is 11.5 Å². The summed E-state index contributed by atoms with van der Waals surface area (Å²) >= 11 is 1.13. The summed E-state index contributed by atoms with van der Waals surface area (Å²) in [6, 6.07) is 13.3. The van der Waals surface area contributed by atoms with Crippen LogP contribution in [0, 0.1) is 5.82 Å². The average Bonchev–Trinajstić information content (AvgIpc) is 3.20. The van der Waals surface area contributed by atoms with Gasteiger partial charge in [0.2, 0.25) is 12.0 Å². The van der Waals surface area contributed by atoms with Gasteiger partial charge in [0.05, 0.1) is 5.75 Å². The summed E-state index contributed by atoms with van der Waals surface area (Å²) in [7, 11) is 0. The molecule has 1 amide bonds. The summed E-state index contributed by atoms with van der Waals surface area (Å²) in [4.78, 5) is 12.0. The standard InChI is InChI=1S/C19H16FN3O4S/c20-13-7-5-12(6-8-13)9-21-17(24)11-28-19-23-22-18(27-19)16-10-25-14-3-1-2-4-15(14)26-16/h1-8,16H,9-11H2,(H,21,24)/t16-/m0/s1. The molecule has 0 aliphatic carbocycles. The van der Waals surface area contributed by atoms with Gasteiger partial charge in [-0.1, -0.05) is 36.0 Å². The number of thioether (sulfide) groups is 1. The van der Waals surface area contributed by atoms with Gasteiger partial charge in [-0.05, 0) is 29.8 Å². The first-order chi connectivity index (χ1) is 13.7. The topological polar surface area (TPSA) is 86.5 Å². The Hall–Kier alpha value is -3.07. The van der Waals surface area contributed by atoms with Crippen LogP contribution in [0.25, 0.3) is 0 Å². The molecule has 0 saturated heterocycles. The summed E-state index contributed by atoms with van der Waals surface area (Å²) in [6.45, 7) is 0.586. The Morgan fingerprint density at radius 3 is 2.75 bits per heavy atom. The first kappa shape index (κ1) is 18.3. The summed E-state index contributed by atoms with van der Waals surface area (Å²) in [5.74, 6) is 1.20. The minimum Gasteiger partial charge on any atom is -0.485 e. The van der Waals surface area contributed by atoms with Gasteiger partial charge in [-0.25, -0.2) is 4.39 Å². The molecule has 3 aromatic rings. The third kappa shape index (κ3) is 4.42. The molecule has 2 heterocycles. The molecular weight excluding hydrogens is 385 g/mol. The highest BCUT2D eigenvalue weighted by Gasteiger charge is 2.27. The fourth-order valence-corrected chi connectivity index (χ4v) is 3.13. The average molecular weight is 401 g/mol. The number of para-hydroxylation sites is 2. The van der Waals surface area contributed by atoms with E-state index >= 15 is 0 Å². The Labute approximate surface area is 164 Å². The van der Waals surface area contributed by atoms with Crippen molar-refractivity contribution in [2.24, 2.45) is 0 Å². The molecule has 1 aromatic heterocycles. The first-order valence-electron chi connectivity index (χ1n) is 8.53. The van der Waals surface area contributed by atoms with Gasteiger partial charge in [-0.3, -0.25) is 4.79 Å². The number of ether oxygens (including phenoxy) is 2. The second kappa shape index (κ2) is 8.30. The van der Waals surface area contributed by atoms with Crippen LogP contribution in [0.15, 0.2) is 58.2 Å². The monoisotopic (exact) mass is 401 g/mol. The molecule has 1 aliphatic rings. The molecule has 4 rings (SSSR count). The predicted octanol–water partition coefficient (Wildman–Crippen LogP) is 3.13. The van der Waals surface area contributed by atoms with Gasteiger partial charge in [-0.2, -0.15) is 0 Å². The fourth-order valence-electron chi connectivity index (χ4n) is 2.53. The minimum absolute atomic E-state index is 0.119. The second-order valence-corrected chi connectivity index (χ2v) is 6.89. The Bertz CT molecular complexity index is 964. The fraction of sp³-hybridized carbons (Fsp3) is 0.211. The van der Waals surface area contributed by atoms with Crippen molar-refractivity contribution in [2.75, 3.05) is 12.4 Å². The molecule has 0 bridgehead atoms. The quantitative estimate of drug-likeness (QED) is 0.635. The summed E-state index contributed by atoms with van der Waals surface area (Å²) < 4.78 is 29.9. The number of aromatic nitrogens is 2. The summed E-state index contributed by atoms with van der Waals surface area (Å²) in [5, 5.41) is 10.9. The summed E-state index contributed by atoms with van der Waals surface area (Å²) in [5.41, 5.74) is 0.814. The van der Waals surface area contributed by atoms with Gasteiger partial charge < -0.3 is 19.2 Å². The lowest BCUT2D eigenvalue weighted by Gasteiger charge is -2.23. The number of nitrogens with zero attached hydrogens (tertiary/aromatic N) is 2. The van der Waals surface area contributed by atoms with E-state index in [0.29, 0.717) is 23.9 Å². The number of carbonyl (C=O) groups is 1. The largest absolute Gasteiger partial charge is 0.485 e. The smallest absolute Gasteiger partial charge is 0.277 e. The maximum Gasteiger partial charge on any atom is 0.277 e. The van der Waals surface area contributed by atoms with Crippen LogP contribution >= 0.6 is 11.8 Å². The Kier molecular flexibility index (Phi) is 5.43. The highest BCUT2D eigenvalue weighted by atomic mass is 32.2. The van der Waals surface area contributed by atoms with E-state index in [1.54, 1.807) is 18.2 Å². The molecule has 28 heavy (non-hydrogen) atoms. The highest BCUT2D eigenvalue weighted by Crippen LogP contribution is 2.35. The van der Waals surface area contributed by atoms with E-state index in [1.165, 1.54) is 12.1 Å². The van der Waals surface area contributed by atoms with Crippen molar-refractivity contribution in [3.05, 3.63) is 65.8 Å². The van der Waals surface area contributed by atoms with Crippen LogP contribution in [0.3, 0.4) is 0 Å². The Morgan fingerprint density at radius 2 is 1.93 bits per heavy atom. The lowest BCUT2D eigenvalue weighted by atomic mass is 10.2. The van der Waals surface area contributed by atoms with Crippen LogP contribution < -0.4 is 14.8 Å². The van der Waals surface area contributed by atoms with E-state index in [-0.39, 0.29) is 29.3 Å². The number of hydrogen-bond acceptors (Lipinski definition) is 7. The van der Waals surface area contributed by atoms with Gasteiger partial charge in [0, 0.05) is 6.54 Å². The molecule has 0 radical (unpaired) electrons. The highest BCUT2D eigenvalue weighted by molar-refractivity contribution is 7.99. The normalized spacial score (nSPS) is 15.2. The summed E-state index contributed by atoms with van der Waals surface area (Å²) in [6.07, 6.45) is -0.496. The van der Waals surface area contributed by atoms with Gasteiger partial charge in [-0.15, -0.1) is 10.2 Å². The molecule has 0 unspecified atom stereocenters. The molecule has 0 saturated carbocycles. The van der Waals surface area contributed by atoms with Crippen LogP contribution in [0.2, 0.25) is 0 Å². The van der Waals surface area contributed by atoms with E-state index in [4.69, 9.17) is 13.9 Å². The van der Waals surface area contributed by atoms with Crippen LogP contribution in [-0.4, -0.2) is 28.5 Å². The Morgan fingerprint density at radius 1 is 1.14 bits per heavy atom. The zero-order chi connectivity index (χ0) is 19.3. The molecule has 0 spiro atoms. The third-order valence-electron chi connectivity index (χ3n) is 3.94. The van der Waals surface area contributed by atoms with Crippen LogP contribution in [0.4, 0.5) is 4.39 Å². The zero-order valence-electron chi connectivity index (χ0n) is 14.6. The van der Waals surface area contributed by atoms with Crippen LogP contribution in [0.1, 0.15) is 17.6 Å². The van der Waals surface area contributed by atoms with Crippen LogP contribution in [-0.2, 0) is 11.3 Å². The van der Waals surface area contributed by atoms with E-state index in [1.807, 2.05) is 18.2 Å². The van der Waals surface area contributed by atoms with E-state index in [0.717, 1.165) is 17.3 Å². The molecule has 7 nitrogen and oxygen atoms in total. The number of hydrogen-bond donors (Lipinski definition) is 1. The van der Waals surface area contributed by atoms with E-state index < -0.39 is 6.10 Å². The number of nitrogens with one attached hydrogen (secondary N) is 1. The number of fused-ring (bicyclic) bond motifs is 1. The minimum atomic E-state index is -0.496. The number of amides is 1. The molecule has 1 aliphatic heterocycles. The van der Waals surface area contributed by atoms with Crippen molar-refractivity contribution < 1.29 is 23.1 Å². The molecule has 1 atom stereocenters. The molecular formula is C19H16FN3O4S. The van der Waals surface area contributed by atoms with Crippen LogP contribution in [0.5, 0.6) is 11.5 Å².